The van der Waals surface area contributed by atoms with Crippen LogP contribution in [0.15, 0.2) is 36.4 Å². The van der Waals surface area contributed by atoms with Crippen LogP contribution in [0.1, 0.15) is 23.5 Å². The Morgan fingerprint density at radius 3 is 2.90 bits per heavy atom. The Labute approximate surface area is 123 Å². The molecule has 4 nitrogen and oxygen atoms in total. The fourth-order valence-corrected chi connectivity index (χ4v) is 3.33. The van der Waals surface area contributed by atoms with Crippen LogP contribution in [0.25, 0.3) is 10.8 Å². The molecule has 2 N–H and O–H groups in total. The molecule has 0 radical (unpaired) electrons. The molecule has 0 aromatic heterocycles. The molecule has 0 amide bonds. The van der Waals surface area contributed by atoms with Gasteiger partial charge >= 0.3 is 5.97 Å². The fourth-order valence-electron chi connectivity index (χ4n) is 3.33. The van der Waals surface area contributed by atoms with E-state index in [1.165, 1.54) is 0 Å². The number of fused-ring (bicyclic) bond motifs is 1. The fraction of sp³-hybridized carbons (Fsp3) is 0.353. The molecule has 2 aromatic rings. The highest BCUT2D eigenvalue weighted by molar-refractivity contribution is 5.88. The predicted octanol–water partition coefficient (Wildman–Crippen LogP) is 2.52. The maximum absolute atomic E-state index is 11.5. The van der Waals surface area contributed by atoms with E-state index in [1.807, 2.05) is 12.1 Å². The molecule has 0 saturated carbocycles. The standard InChI is InChI=1S/C17H19NO3/c1-21-10-12-7-6-11-4-2-3-5-13(11)15(12)14-8-9-18-16(14)17(19)20/h2-7,14,16,18H,8-10H2,1H3,(H,19,20)/t14-,16+/m0/s1. The summed E-state index contributed by atoms with van der Waals surface area (Å²) in [6.45, 7) is 1.24. The lowest BCUT2D eigenvalue weighted by molar-refractivity contribution is -0.139. The summed E-state index contributed by atoms with van der Waals surface area (Å²) in [7, 11) is 1.67. The van der Waals surface area contributed by atoms with E-state index in [0.717, 1.165) is 34.9 Å². The quantitative estimate of drug-likeness (QED) is 0.906. The van der Waals surface area contributed by atoms with Crippen LogP contribution in [0.3, 0.4) is 0 Å². The molecule has 3 rings (SSSR count). The minimum absolute atomic E-state index is 0.0150. The first-order valence-corrected chi connectivity index (χ1v) is 7.18. The Bertz CT molecular complexity index is 668. The molecule has 1 saturated heterocycles. The van der Waals surface area contributed by atoms with Gasteiger partial charge in [0.15, 0.2) is 0 Å². The van der Waals surface area contributed by atoms with Crippen LogP contribution in [0.2, 0.25) is 0 Å². The molecular formula is C17H19NO3. The molecule has 1 heterocycles. The van der Waals surface area contributed by atoms with E-state index >= 15 is 0 Å². The van der Waals surface area contributed by atoms with Gasteiger partial charge in [0.1, 0.15) is 6.04 Å². The molecule has 2 aromatic carbocycles. The Morgan fingerprint density at radius 2 is 2.14 bits per heavy atom. The molecule has 4 heteroatoms. The monoisotopic (exact) mass is 285 g/mol. The second kappa shape index (κ2) is 5.84. The van der Waals surface area contributed by atoms with Crippen molar-refractivity contribution in [1.29, 1.82) is 0 Å². The lowest BCUT2D eigenvalue weighted by Crippen LogP contribution is -2.34. The molecule has 1 aliphatic heterocycles. The van der Waals surface area contributed by atoms with Crippen molar-refractivity contribution in [1.82, 2.24) is 5.32 Å². The summed E-state index contributed by atoms with van der Waals surface area (Å²) in [6.07, 6.45) is 0.835. The lowest BCUT2D eigenvalue weighted by atomic mass is 9.85. The van der Waals surface area contributed by atoms with Crippen molar-refractivity contribution in [3.63, 3.8) is 0 Å². The van der Waals surface area contributed by atoms with Gasteiger partial charge in [-0.25, -0.2) is 0 Å². The van der Waals surface area contributed by atoms with E-state index in [4.69, 9.17) is 4.74 Å². The molecule has 1 aliphatic rings. The summed E-state index contributed by atoms with van der Waals surface area (Å²) in [4.78, 5) is 11.5. The van der Waals surface area contributed by atoms with E-state index in [2.05, 4.69) is 29.6 Å². The SMILES string of the molecule is COCc1ccc2ccccc2c1[C@@H]1CCN[C@H]1C(=O)O. The second-order valence-electron chi connectivity index (χ2n) is 5.46. The van der Waals surface area contributed by atoms with Gasteiger partial charge in [-0.3, -0.25) is 4.79 Å². The van der Waals surface area contributed by atoms with E-state index in [0.29, 0.717) is 6.61 Å². The van der Waals surface area contributed by atoms with Crippen molar-refractivity contribution in [2.24, 2.45) is 0 Å². The number of rotatable bonds is 4. The number of benzene rings is 2. The summed E-state index contributed by atoms with van der Waals surface area (Å²) in [6, 6.07) is 11.7. The molecule has 2 atom stereocenters. The van der Waals surface area contributed by atoms with E-state index in [-0.39, 0.29) is 5.92 Å². The van der Waals surface area contributed by atoms with Crippen LogP contribution < -0.4 is 5.32 Å². The van der Waals surface area contributed by atoms with Crippen LogP contribution in [0.4, 0.5) is 0 Å². The number of aliphatic carboxylic acids is 1. The second-order valence-corrected chi connectivity index (χ2v) is 5.46. The summed E-state index contributed by atoms with van der Waals surface area (Å²) in [5, 5.41) is 14.8. The Balaban J connectivity index is 2.18. The van der Waals surface area contributed by atoms with Crippen molar-refractivity contribution in [2.75, 3.05) is 13.7 Å². The van der Waals surface area contributed by atoms with Crippen LogP contribution in [-0.4, -0.2) is 30.8 Å². The van der Waals surface area contributed by atoms with Crippen molar-refractivity contribution in [2.45, 2.75) is 25.0 Å². The van der Waals surface area contributed by atoms with E-state index in [1.54, 1.807) is 7.11 Å². The van der Waals surface area contributed by atoms with Gasteiger partial charge in [-0.15, -0.1) is 0 Å². The summed E-state index contributed by atoms with van der Waals surface area (Å²) >= 11 is 0. The third-order valence-electron chi connectivity index (χ3n) is 4.22. The third kappa shape index (κ3) is 2.52. The zero-order chi connectivity index (χ0) is 14.8. The number of carbonyl (C=O) groups is 1. The summed E-state index contributed by atoms with van der Waals surface area (Å²) in [5.74, 6) is -0.799. The van der Waals surface area contributed by atoms with Crippen molar-refractivity contribution in [3.8, 4) is 0 Å². The highest BCUT2D eigenvalue weighted by Crippen LogP contribution is 2.36. The molecule has 0 aliphatic carbocycles. The van der Waals surface area contributed by atoms with Gasteiger partial charge in [-0.1, -0.05) is 36.4 Å². The van der Waals surface area contributed by atoms with Gasteiger partial charge in [0, 0.05) is 13.0 Å². The number of methoxy groups -OCH3 is 1. The average molecular weight is 285 g/mol. The highest BCUT2D eigenvalue weighted by atomic mass is 16.5. The molecule has 0 unspecified atom stereocenters. The highest BCUT2D eigenvalue weighted by Gasteiger charge is 2.35. The van der Waals surface area contributed by atoms with Crippen LogP contribution in [0.5, 0.6) is 0 Å². The number of ether oxygens (including phenoxy) is 1. The first-order chi connectivity index (χ1) is 10.2. The maximum atomic E-state index is 11.5. The minimum Gasteiger partial charge on any atom is -0.480 e. The Morgan fingerprint density at radius 1 is 1.33 bits per heavy atom. The molecule has 110 valence electrons. The minimum atomic E-state index is -0.784. The van der Waals surface area contributed by atoms with Gasteiger partial charge in [0.25, 0.3) is 0 Å². The van der Waals surface area contributed by atoms with Crippen molar-refractivity contribution in [3.05, 3.63) is 47.5 Å². The molecule has 0 spiro atoms. The Hall–Kier alpha value is -1.91. The van der Waals surface area contributed by atoms with Crippen LogP contribution in [-0.2, 0) is 16.1 Å². The third-order valence-corrected chi connectivity index (χ3v) is 4.22. The number of hydrogen-bond donors (Lipinski definition) is 2. The molecule has 0 bridgehead atoms. The number of hydrogen-bond acceptors (Lipinski definition) is 3. The number of carboxylic acid groups (broad SMARTS) is 1. The lowest BCUT2D eigenvalue weighted by Gasteiger charge is -2.21. The van der Waals surface area contributed by atoms with Gasteiger partial charge in [0.05, 0.1) is 6.61 Å². The van der Waals surface area contributed by atoms with Gasteiger partial charge < -0.3 is 15.2 Å². The first kappa shape index (κ1) is 14.0. The topological polar surface area (TPSA) is 58.6 Å². The normalized spacial score (nSPS) is 21.8. The molecule has 21 heavy (non-hydrogen) atoms. The molecule has 1 fully saturated rings. The Kier molecular flexibility index (Phi) is 3.90. The molecular weight excluding hydrogens is 266 g/mol. The average Bonchev–Trinajstić information content (AvgIpc) is 2.96. The number of carboxylic acids is 1. The van der Waals surface area contributed by atoms with Crippen LogP contribution in [0, 0.1) is 0 Å². The van der Waals surface area contributed by atoms with Gasteiger partial charge in [-0.05, 0) is 34.9 Å². The zero-order valence-electron chi connectivity index (χ0n) is 12.0. The van der Waals surface area contributed by atoms with E-state index in [9.17, 15) is 9.90 Å². The van der Waals surface area contributed by atoms with Gasteiger partial charge in [0.2, 0.25) is 0 Å². The first-order valence-electron chi connectivity index (χ1n) is 7.18. The summed E-state index contributed by atoms with van der Waals surface area (Å²) in [5.41, 5.74) is 2.20. The van der Waals surface area contributed by atoms with Crippen molar-refractivity contribution < 1.29 is 14.6 Å². The van der Waals surface area contributed by atoms with Crippen molar-refractivity contribution >= 4 is 16.7 Å². The maximum Gasteiger partial charge on any atom is 0.321 e. The van der Waals surface area contributed by atoms with E-state index < -0.39 is 12.0 Å². The van der Waals surface area contributed by atoms with Crippen LogP contribution >= 0.6 is 0 Å². The predicted molar refractivity (Wildman–Crippen MR) is 81.4 cm³/mol. The largest absolute Gasteiger partial charge is 0.480 e. The van der Waals surface area contributed by atoms with Gasteiger partial charge in [-0.2, -0.15) is 0 Å². The smallest absolute Gasteiger partial charge is 0.321 e. The number of nitrogens with one attached hydrogen (secondary N) is 1. The summed E-state index contributed by atoms with van der Waals surface area (Å²) < 4.78 is 5.30. The zero-order valence-corrected chi connectivity index (χ0v) is 12.0.